The van der Waals surface area contributed by atoms with E-state index in [2.05, 4.69) is 16.9 Å². The number of rotatable bonds is 3. The molecule has 0 aromatic heterocycles. The minimum atomic E-state index is -1.18. The molecular weight excluding hydrogens is 216 g/mol. The Balaban J connectivity index is 1.99. The number of aliphatic hydroxyl groups is 1. The summed E-state index contributed by atoms with van der Waals surface area (Å²) in [5.74, 6) is -0.213. The van der Waals surface area contributed by atoms with E-state index in [-0.39, 0.29) is 12.5 Å². The summed E-state index contributed by atoms with van der Waals surface area (Å²) in [6.45, 7) is 5.60. The summed E-state index contributed by atoms with van der Waals surface area (Å²) < 4.78 is 0. The maximum Gasteiger partial charge on any atom is 0.251 e. The van der Waals surface area contributed by atoms with Gasteiger partial charge in [-0.15, -0.1) is 0 Å². The maximum atomic E-state index is 11.8. The number of benzene rings is 1. The van der Waals surface area contributed by atoms with Gasteiger partial charge in [0.25, 0.3) is 5.91 Å². The van der Waals surface area contributed by atoms with E-state index in [0.29, 0.717) is 11.3 Å². The van der Waals surface area contributed by atoms with Crippen LogP contribution in [0.1, 0.15) is 15.9 Å². The van der Waals surface area contributed by atoms with Crippen molar-refractivity contribution in [2.75, 3.05) is 6.54 Å². The zero-order chi connectivity index (χ0) is 12.5. The van der Waals surface area contributed by atoms with Gasteiger partial charge in [0.05, 0.1) is 12.2 Å². The number of carbonyl (C=O) groups is 1. The van der Waals surface area contributed by atoms with E-state index >= 15 is 0 Å². The Morgan fingerprint density at radius 1 is 1.59 bits per heavy atom. The summed E-state index contributed by atoms with van der Waals surface area (Å²) in [5.41, 5.74) is 0.794. The highest BCUT2D eigenvalue weighted by Crippen LogP contribution is 2.22. The zero-order valence-electron chi connectivity index (χ0n) is 9.60. The van der Waals surface area contributed by atoms with Crippen LogP contribution in [0.3, 0.4) is 0 Å². The highest BCUT2D eigenvalue weighted by molar-refractivity contribution is 5.95. The van der Waals surface area contributed by atoms with E-state index in [4.69, 9.17) is 0 Å². The van der Waals surface area contributed by atoms with Crippen LogP contribution in [0.5, 0.6) is 0 Å². The van der Waals surface area contributed by atoms with Crippen LogP contribution in [0.4, 0.5) is 0 Å². The lowest BCUT2D eigenvalue weighted by molar-refractivity contribution is 0.0889. The van der Waals surface area contributed by atoms with E-state index in [1.165, 1.54) is 6.21 Å². The van der Waals surface area contributed by atoms with E-state index in [9.17, 15) is 9.90 Å². The minimum Gasteiger partial charge on any atom is -0.376 e. The van der Waals surface area contributed by atoms with Crippen molar-refractivity contribution in [1.82, 2.24) is 5.32 Å². The molecule has 4 nitrogen and oxygen atoms in total. The van der Waals surface area contributed by atoms with Gasteiger partial charge in [-0.2, -0.15) is 0 Å². The monoisotopic (exact) mass is 230 g/mol. The summed E-state index contributed by atoms with van der Waals surface area (Å²) in [6.07, 6.45) is 1.38. The molecule has 88 valence electrons. The predicted octanol–water partition coefficient (Wildman–Crippen LogP) is 1.05. The zero-order valence-corrected chi connectivity index (χ0v) is 9.60. The molecule has 1 heterocycles. The molecule has 4 heteroatoms. The summed E-state index contributed by atoms with van der Waals surface area (Å²) in [6, 6.07) is 7.27. The molecule has 0 aliphatic carbocycles. The smallest absolute Gasteiger partial charge is 0.251 e. The third kappa shape index (κ3) is 2.26. The van der Waals surface area contributed by atoms with Crippen LogP contribution in [0.25, 0.3) is 0 Å². The summed E-state index contributed by atoms with van der Waals surface area (Å²) in [5, 5.41) is 12.5. The first-order valence-electron chi connectivity index (χ1n) is 5.33. The van der Waals surface area contributed by atoms with Gasteiger partial charge in [-0.25, -0.2) is 0 Å². The molecule has 1 aliphatic heterocycles. The lowest BCUT2D eigenvalue weighted by Gasteiger charge is -2.30. The van der Waals surface area contributed by atoms with Crippen molar-refractivity contribution in [1.29, 1.82) is 0 Å². The van der Waals surface area contributed by atoms with Crippen LogP contribution in [0.15, 0.2) is 41.5 Å². The number of amides is 1. The van der Waals surface area contributed by atoms with Crippen molar-refractivity contribution >= 4 is 12.1 Å². The van der Waals surface area contributed by atoms with Crippen molar-refractivity contribution < 1.29 is 9.90 Å². The van der Waals surface area contributed by atoms with Crippen LogP contribution < -0.4 is 5.32 Å². The van der Waals surface area contributed by atoms with Crippen molar-refractivity contribution in [2.45, 2.75) is 12.5 Å². The number of hydrogen-bond donors (Lipinski definition) is 2. The third-order valence-electron chi connectivity index (χ3n) is 2.73. The molecule has 1 aromatic rings. The molecular formula is C13H14N2O2. The fourth-order valence-electron chi connectivity index (χ4n) is 1.56. The molecule has 0 saturated carbocycles. The second-order valence-corrected chi connectivity index (χ2v) is 4.18. The van der Waals surface area contributed by atoms with E-state index < -0.39 is 5.60 Å². The standard InChI is InChI=1S/C13H14N2O2/c1-9-4-3-5-11(6-9)12(16)15-8-13(17)7-14-10(13)2/h3-7,17H,2,8H2,1H3,(H,15,16). The van der Waals surface area contributed by atoms with Gasteiger partial charge < -0.3 is 10.4 Å². The number of nitrogens with zero attached hydrogens (tertiary/aromatic N) is 1. The van der Waals surface area contributed by atoms with Crippen molar-refractivity contribution in [3.8, 4) is 0 Å². The molecule has 1 aliphatic rings. The second kappa shape index (κ2) is 4.14. The summed E-state index contributed by atoms with van der Waals surface area (Å²) in [4.78, 5) is 15.6. The first-order chi connectivity index (χ1) is 8.01. The topological polar surface area (TPSA) is 61.7 Å². The Morgan fingerprint density at radius 2 is 2.35 bits per heavy atom. The molecule has 1 atom stereocenters. The van der Waals surface area contributed by atoms with Crippen LogP contribution >= 0.6 is 0 Å². The SMILES string of the molecule is C=C1N=CC1(O)CNC(=O)c1cccc(C)c1. The van der Waals surface area contributed by atoms with Gasteiger partial charge in [0.2, 0.25) is 0 Å². The molecule has 0 saturated heterocycles. The van der Waals surface area contributed by atoms with E-state index in [0.717, 1.165) is 5.56 Å². The second-order valence-electron chi connectivity index (χ2n) is 4.18. The molecule has 17 heavy (non-hydrogen) atoms. The van der Waals surface area contributed by atoms with Crippen molar-refractivity contribution in [2.24, 2.45) is 4.99 Å². The summed E-state index contributed by atoms with van der Waals surface area (Å²) >= 11 is 0. The lowest BCUT2D eigenvalue weighted by Crippen LogP contribution is -2.49. The first-order valence-corrected chi connectivity index (χ1v) is 5.33. The molecule has 1 aromatic carbocycles. The maximum absolute atomic E-state index is 11.8. The van der Waals surface area contributed by atoms with Crippen molar-refractivity contribution in [3.63, 3.8) is 0 Å². The Labute approximate surface area is 99.7 Å². The van der Waals surface area contributed by atoms with Gasteiger partial charge in [0.15, 0.2) is 5.60 Å². The highest BCUT2D eigenvalue weighted by atomic mass is 16.3. The largest absolute Gasteiger partial charge is 0.376 e. The van der Waals surface area contributed by atoms with Gasteiger partial charge in [-0.1, -0.05) is 24.3 Å². The van der Waals surface area contributed by atoms with Crippen molar-refractivity contribution in [3.05, 3.63) is 47.7 Å². The molecule has 0 radical (unpaired) electrons. The number of hydrogen-bond acceptors (Lipinski definition) is 3. The van der Waals surface area contributed by atoms with Gasteiger partial charge in [0, 0.05) is 11.8 Å². The predicted molar refractivity (Wildman–Crippen MR) is 66.1 cm³/mol. The average molecular weight is 230 g/mol. The van der Waals surface area contributed by atoms with Gasteiger partial charge in [-0.3, -0.25) is 9.79 Å². The fraction of sp³-hybridized carbons (Fsp3) is 0.231. The third-order valence-corrected chi connectivity index (χ3v) is 2.73. The van der Waals surface area contributed by atoms with Crippen LogP contribution in [0.2, 0.25) is 0 Å². The lowest BCUT2D eigenvalue weighted by atomic mass is 9.97. The molecule has 2 N–H and O–H groups in total. The number of aryl methyl sites for hydroxylation is 1. The number of aliphatic imine (C=N–C) groups is 1. The van der Waals surface area contributed by atoms with Crippen LogP contribution in [-0.4, -0.2) is 29.4 Å². The quantitative estimate of drug-likeness (QED) is 0.815. The average Bonchev–Trinajstić information content (AvgIpc) is 2.33. The van der Waals surface area contributed by atoms with E-state index in [1.807, 2.05) is 19.1 Å². The Bertz CT molecular complexity index is 508. The Hall–Kier alpha value is -1.94. The molecule has 0 spiro atoms. The summed E-state index contributed by atoms with van der Waals surface area (Å²) in [7, 11) is 0. The first kappa shape index (κ1) is 11.5. The van der Waals surface area contributed by atoms with Crippen LogP contribution in [0, 0.1) is 6.92 Å². The Kier molecular flexibility index (Phi) is 2.81. The number of nitrogens with one attached hydrogen (secondary N) is 1. The molecule has 0 bridgehead atoms. The van der Waals surface area contributed by atoms with Crippen LogP contribution in [-0.2, 0) is 0 Å². The van der Waals surface area contributed by atoms with E-state index in [1.54, 1.807) is 12.1 Å². The molecule has 1 amide bonds. The highest BCUT2D eigenvalue weighted by Gasteiger charge is 2.35. The molecule has 1 unspecified atom stereocenters. The van der Waals surface area contributed by atoms with Gasteiger partial charge in [-0.05, 0) is 19.1 Å². The Morgan fingerprint density at radius 3 is 2.88 bits per heavy atom. The normalized spacial score (nSPS) is 22.1. The molecule has 0 fully saturated rings. The number of carbonyl (C=O) groups excluding carboxylic acids is 1. The fourth-order valence-corrected chi connectivity index (χ4v) is 1.56. The van der Waals surface area contributed by atoms with Gasteiger partial charge >= 0.3 is 0 Å². The molecule has 2 rings (SSSR count). The van der Waals surface area contributed by atoms with Gasteiger partial charge in [0.1, 0.15) is 0 Å². The minimum absolute atomic E-state index is 0.0993.